The Morgan fingerprint density at radius 2 is 1.71 bits per heavy atom. The Morgan fingerprint density at radius 3 is 2.07 bits per heavy atom. The highest BCUT2D eigenvalue weighted by atomic mass is 32.2. The van der Waals surface area contributed by atoms with Gasteiger partial charge in [-0.05, 0) is 40.9 Å². The molecule has 1 aliphatic heterocycles. The molecule has 0 bridgehead atoms. The second-order valence-corrected chi connectivity index (χ2v) is 6.50. The van der Waals surface area contributed by atoms with Crippen LogP contribution in [0.2, 0.25) is 0 Å². The van der Waals surface area contributed by atoms with Crippen molar-refractivity contribution in [2.24, 2.45) is 0 Å². The molecular formula is C11H24N2S. The van der Waals surface area contributed by atoms with Gasteiger partial charge < -0.3 is 0 Å². The zero-order valence-corrected chi connectivity index (χ0v) is 11.2. The van der Waals surface area contributed by atoms with E-state index in [0.29, 0.717) is 11.1 Å². The van der Waals surface area contributed by atoms with E-state index < -0.39 is 0 Å². The van der Waals surface area contributed by atoms with Crippen molar-refractivity contribution in [3.8, 4) is 0 Å². The minimum Gasteiger partial charge on any atom is -0.295 e. The van der Waals surface area contributed by atoms with Gasteiger partial charge in [-0.1, -0.05) is 11.9 Å². The Kier molecular flexibility index (Phi) is 3.55. The molecule has 84 valence electrons. The summed E-state index contributed by atoms with van der Waals surface area (Å²) in [6.45, 7) is 15.1. The minimum atomic E-state index is 0.297. The first-order valence-corrected chi connectivity index (χ1v) is 6.52. The van der Waals surface area contributed by atoms with Crippen LogP contribution >= 0.6 is 11.9 Å². The third-order valence-electron chi connectivity index (χ3n) is 3.00. The van der Waals surface area contributed by atoms with Crippen molar-refractivity contribution in [1.82, 2.24) is 9.21 Å². The van der Waals surface area contributed by atoms with E-state index in [1.807, 2.05) is 11.9 Å². The smallest absolute Gasteiger partial charge is 0.0384 e. The fraction of sp³-hybridized carbons (Fsp3) is 1.00. The second kappa shape index (κ2) is 4.03. The molecule has 1 heterocycles. The highest BCUT2D eigenvalue weighted by Crippen LogP contribution is 2.29. The normalized spacial score (nSPS) is 25.3. The van der Waals surface area contributed by atoms with Gasteiger partial charge in [-0.15, -0.1) is 0 Å². The molecule has 0 radical (unpaired) electrons. The molecule has 14 heavy (non-hydrogen) atoms. The molecule has 0 aromatic rings. The van der Waals surface area contributed by atoms with Crippen LogP contribution in [0, 0.1) is 0 Å². The Hall–Kier alpha value is 0.270. The molecule has 0 aromatic heterocycles. The van der Waals surface area contributed by atoms with Crippen LogP contribution < -0.4 is 0 Å². The van der Waals surface area contributed by atoms with Crippen LogP contribution in [0.1, 0.15) is 34.6 Å². The summed E-state index contributed by atoms with van der Waals surface area (Å²) in [5.74, 6) is 0. The van der Waals surface area contributed by atoms with Gasteiger partial charge in [0, 0.05) is 30.7 Å². The number of rotatable bonds is 1. The van der Waals surface area contributed by atoms with Gasteiger partial charge in [0.25, 0.3) is 0 Å². The Balaban J connectivity index is 2.67. The third-order valence-corrected chi connectivity index (χ3v) is 4.11. The first-order chi connectivity index (χ1) is 6.27. The molecule has 1 rings (SSSR count). The van der Waals surface area contributed by atoms with Crippen LogP contribution in [-0.2, 0) is 0 Å². The molecule has 1 aliphatic rings. The SMILES string of the molecule is CSN1CCN(C(C)(C)C)CC1(C)C. The fourth-order valence-corrected chi connectivity index (χ4v) is 2.87. The van der Waals surface area contributed by atoms with Crippen molar-refractivity contribution in [1.29, 1.82) is 0 Å². The Bertz CT molecular complexity index is 196. The van der Waals surface area contributed by atoms with Crippen LogP contribution in [0.5, 0.6) is 0 Å². The van der Waals surface area contributed by atoms with Gasteiger partial charge in [0.1, 0.15) is 0 Å². The Morgan fingerprint density at radius 1 is 1.14 bits per heavy atom. The summed E-state index contributed by atoms with van der Waals surface area (Å²) in [6.07, 6.45) is 2.18. The summed E-state index contributed by atoms with van der Waals surface area (Å²) < 4.78 is 2.50. The molecule has 0 saturated carbocycles. The van der Waals surface area contributed by atoms with Crippen molar-refractivity contribution in [2.45, 2.75) is 45.7 Å². The Labute approximate surface area is 93.2 Å². The van der Waals surface area contributed by atoms with E-state index in [4.69, 9.17) is 0 Å². The highest BCUT2D eigenvalue weighted by molar-refractivity contribution is 7.96. The lowest BCUT2D eigenvalue weighted by Gasteiger charge is -2.50. The van der Waals surface area contributed by atoms with Crippen LogP contribution in [0.15, 0.2) is 0 Å². The summed E-state index contributed by atoms with van der Waals surface area (Å²) in [6, 6.07) is 0. The molecule has 0 amide bonds. The topological polar surface area (TPSA) is 6.48 Å². The first kappa shape index (κ1) is 12.3. The fourth-order valence-electron chi connectivity index (χ4n) is 2.05. The number of piperazine rings is 1. The highest BCUT2D eigenvalue weighted by Gasteiger charge is 2.37. The molecule has 0 N–H and O–H groups in total. The predicted octanol–water partition coefficient (Wildman–Crippen LogP) is 2.46. The summed E-state index contributed by atoms with van der Waals surface area (Å²) in [5.41, 5.74) is 0.604. The van der Waals surface area contributed by atoms with E-state index in [1.54, 1.807) is 0 Å². The lowest BCUT2D eigenvalue weighted by atomic mass is 9.96. The van der Waals surface area contributed by atoms with Gasteiger partial charge in [-0.25, -0.2) is 4.31 Å². The standard InChI is InChI=1S/C11H24N2S/c1-10(2,3)12-7-8-13(14-6)11(4,5)9-12/h7-9H2,1-6H3. The van der Waals surface area contributed by atoms with Gasteiger partial charge in [0.05, 0.1) is 0 Å². The molecule has 0 aliphatic carbocycles. The molecule has 3 heteroatoms. The summed E-state index contributed by atoms with van der Waals surface area (Å²) in [5, 5.41) is 0. The van der Waals surface area contributed by atoms with Gasteiger partial charge >= 0.3 is 0 Å². The monoisotopic (exact) mass is 216 g/mol. The molecule has 0 unspecified atom stereocenters. The van der Waals surface area contributed by atoms with Crippen molar-refractivity contribution >= 4 is 11.9 Å². The average molecular weight is 216 g/mol. The molecule has 1 saturated heterocycles. The molecular weight excluding hydrogens is 192 g/mol. The van der Waals surface area contributed by atoms with Crippen molar-refractivity contribution in [3.63, 3.8) is 0 Å². The largest absolute Gasteiger partial charge is 0.295 e. The maximum Gasteiger partial charge on any atom is 0.0384 e. The number of hydrogen-bond donors (Lipinski definition) is 0. The zero-order chi connectivity index (χ0) is 11.0. The molecule has 0 aromatic carbocycles. The van der Waals surface area contributed by atoms with E-state index in [-0.39, 0.29) is 0 Å². The first-order valence-electron chi connectivity index (χ1n) is 5.34. The zero-order valence-electron chi connectivity index (χ0n) is 10.4. The van der Waals surface area contributed by atoms with Gasteiger partial charge in [0.15, 0.2) is 0 Å². The van der Waals surface area contributed by atoms with E-state index in [0.717, 1.165) is 6.54 Å². The lowest BCUT2D eigenvalue weighted by molar-refractivity contribution is 0.0285. The quantitative estimate of drug-likeness (QED) is 0.622. The van der Waals surface area contributed by atoms with Crippen LogP contribution in [0.25, 0.3) is 0 Å². The number of hydrogen-bond acceptors (Lipinski definition) is 3. The maximum absolute atomic E-state index is 2.58. The molecule has 0 spiro atoms. The van der Waals surface area contributed by atoms with E-state index in [2.05, 4.69) is 50.1 Å². The van der Waals surface area contributed by atoms with Gasteiger partial charge in [-0.2, -0.15) is 0 Å². The third kappa shape index (κ3) is 2.65. The predicted molar refractivity (Wildman–Crippen MR) is 65.6 cm³/mol. The molecule has 2 nitrogen and oxygen atoms in total. The van der Waals surface area contributed by atoms with Crippen molar-refractivity contribution < 1.29 is 0 Å². The second-order valence-electron chi connectivity index (χ2n) is 5.69. The van der Waals surface area contributed by atoms with Crippen molar-refractivity contribution in [3.05, 3.63) is 0 Å². The van der Waals surface area contributed by atoms with Crippen LogP contribution in [0.3, 0.4) is 0 Å². The molecule has 0 atom stereocenters. The van der Waals surface area contributed by atoms with E-state index in [1.165, 1.54) is 13.1 Å². The lowest BCUT2D eigenvalue weighted by Crippen LogP contribution is -2.60. The minimum absolute atomic E-state index is 0.297. The van der Waals surface area contributed by atoms with E-state index in [9.17, 15) is 0 Å². The summed E-state index contributed by atoms with van der Waals surface area (Å²) in [7, 11) is 0. The van der Waals surface area contributed by atoms with Gasteiger partial charge in [0.2, 0.25) is 0 Å². The van der Waals surface area contributed by atoms with E-state index >= 15 is 0 Å². The molecule has 1 fully saturated rings. The average Bonchev–Trinajstić information content (AvgIpc) is 2.00. The van der Waals surface area contributed by atoms with Gasteiger partial charge in [-0.3, -0.25) is 4.90 Å². The summed E-state index contributed by atoms with van der Waals surface area (Å²) in [4.78, 5) is 2.58. The maximum atomic E-state index is 2.58. The number of nitrogens with zero attached hydrogens (tertiary/aromatic N) is 2. The summed E-state index contributed by atoms with van der Waals surface area (Å²) >= 11 is 1.87. The van der Waals surface area contributed by atoms with Crippen LogP contribution in [-0.4, -0.2) is 46.2 Å². The van der Waals surface area contributed by atoms with Crippen molar-refractivity contribution in [2.75, 3.05) is 25.9 Å². The van der Waals surface area contributed by atoms with Crippen LogP contribution in [0.4, 0.5) is 0 Å².